The topological polar surface area (TPSA) is 68.0 Å². The minimum Gasteiger partial charge on any atom is -0.396 e. The van der Waals surface area contributed by atoms with Gasteiger partial charge in [0.2, 0.25) is 0 Å². The van der Waals surface area contributed by atoms with Gasteiger partial charge in [-0.15, -0.1) is 0 Å². The normalized spacial score (nSPS) is 12.4. The summed E-state index contributed by atoms with van der Waals surface area (Å²) in [7, 11) is -0.744. The van der Waals surface area contributed by atoms with E-state index >= 15 is 0 Å². The molecule has 1 atom stereocenters. The first kappa shape index (κ1) is 12.0. The average Bonchev–Trinajstić information content (AvgIpc) is 2.24. The van der Waals surface area contributed by atoms with E-state index in [-0.39, 0.29) is 0 Å². The monoisotopic (exact) mass is 227 g/mol. The van der Waals surface area contributed by atoms with Gasteiger partial charge in [-0.3, -0.25) is 4.21 Å². The van der Waals surface area contributed by atoms with Crippen LogP contribution in [0.1, 0.15) is 12.5 Å². The van der Waals surface area contributed by atoms with Crippen LogP contribution in [0.15, 0.2) is 12.3 Å². The molecule has 1 rings (SSSR count). The molecule has 1 aromatic rings. The van der Waals surface area contributed by atoms with Gasteiger partial charge in [-0.05, 0) is 18.6 Å². The van der Waals surface area contributed by atoms with E-state index < -0.39 is 10.8 Å². The third kappa shape index (κ3) is 3.51. The summed E-state index contributed by atoms with van der Waals surface area (Å²) >= 11 is 0. The Morgan fingerprint density at radius 2 is 2.33 bits per heavy atom. The van der Waals surface area contributed by atoms with Crippen molar-refractivity contribution < 1.29 is 4.21 Å². The Balaban J connectivity index is 2.51. The molecular weight excluding hydrogens is 210 g/mol. The number of anilines is 2. The fourth-order valence-electron chi connectivity index (χ4n) is 1.14. The van der Waals surface area contributed by atoms with Crippen molar-refractivity contribution in [3.8, 4) is 0 Å². The first-order valence-electron chi connectivity index (χ1n) is 4.95. The van der Waals surface area contributed by atoms with E-state index in [1.54, 1.807) is 6.20 Å². The molecule has 0 bridgehead atoms. The quantitative estimate of drug-likeness (QED) is 0.792. The van der Waals surface area contributed by atoms with Gasteiger partial charge in [-0.2, -0.15) is 0 Å². The molecule has 0 radical (unpaired) electrons. The molecule has 0 fully saturated rings. The summed E-state index contributed by atoms with van der Waals surface area (Å²) in [5.41, 5.74) is 7.50. The molecule has 0 aliphatic heterocycles. The molecule has 4 nitrogen and oxygen atoms in total. The van der Waals surface area contributed by atoms with Gasteiger partial charge in [0.1, 0.15) is 5.82 Å². The van der Waals surface area contributed by atoms with Crippen molar-refractivity contribution in [1.82, 2.24) is 4.98 Å². The predicted molar refractivity (Wildman–Crippen MR) is 65.4 cm³/mol. The highest BCUT2D eigenvalue weighted by atomic mass is 32.2. The maximum atomic E-state index is 11.2. The maximum Gasteiger partial charge on any atom is 0.149 e. The number of hydrogen-bond donors (Lipinski definition) is 2. The van der Waals surface area contributed by atoms with Crippen LogP contribution in [0.4, 0.5) is 11.5 Å². The van der Waals surface area contributed by atoms with Crippen LogP contribution in [0.25, 0.3) is 0 Å². The number of pyridine rings is 1. The number of nitrogens with two attached hydrogens (primary N) is 1. The summed E-state index contributed by atoms with van der Waals surface area (Å²) in [6, 6.07) is 1.87. The zero-order chi connectivity index (χ0) is 11.3. The summed E-state index contributed by atoms with van der Waals surface area (Å²) in [5, 5.41) is 3.09. The molecule has 0 amide bonds. The van der Waals surface area contributed by atoms with Crippen LogP contribution in [-0.2, 0) is 10.8 Å². The summed E-state index contributed by atoms with van der Waals surface area (Å²) in [4.78, 5) is 4.13. The molecule has 1 heterocycles. The lowest BCUT2D eigenvalue weighted by molar-refractivity contribution is 0.684. The van der Waals surface area contributed by atoms with Crippen LogP contribution in [0.2, 0.25) is 0 Å². The zero-order valence-corrected chi connectivity index (χ0v) is 9.93. The third-order valence-electron chi connectivity index (χ3n) is 2.15. The molecule has 3 N–H and O–H groups in total. The lowest BCUT2D eigenvalue weighted by Gasteiger charge is -2.09. The molecule has 0 saturated carbocycles. The lowest BCUT2D eigenvalue weighted by atomic mass is 10.2. The zero-order valence-electron chi connectivity index (χ0n) is 9.12. The minimum absolute atomic E-state index is 0.631. The number of hydrogen-bond acceptors (Lipinski definition) is 4. The first-order valence-corrected chi connectivity index (χ1v) is 6.44. The van der Waals surface area contributed by atoms with Gasteiger partial charge < -0.3 is 11.1 Å². The standard InChI is InChI=1S/C10H17N3OS/c1-3-15(14)7-6-13-10-9(11)8(2)4-5-12-10/h4-5H,3,6-7,11H2,1-2H3,(H,12,13). The van der Waals surface area contributed by atoms with E-state index in [1.807, 2.05) is 19.9 Å². The van der Waals surface area contributed by atoms with E-state index in [0.717, 1.165) is 5.56 Å². The molecule has 84 valence electrons. The van der Waals surface area contributed by atoms with Gasteiger partial charge in [0.25, 0.3) is 0 Å². The number of nitrogens with one attached hydrogen (secondary N) is 1. The van der Waals surface area contributed by atoms with Crippen molar-refractivity contribution in [2.45, 2.75) is 13.8 Å². The molecule has 5 heteroatoms. The Morgan fingerprint density at radius 1 is 1.60 bits per heavy atom. The summed E-state index contributed by atoms with van der Waals surface area (Å²) in [5.74, 6) is 2.01. The Hall–Kier alpha value is -1.10. The molecule has 0 saturated heterocycles. The van der Waals surface area contributed by atoms with Crippen molar-refractivity contribution in [1.29, 1.82) is 0 Å². The Morgan fingerprint density at radius 3 is 3.00 bits per heavy atom. The van der Waals surface area contributed by atoms with Crippen molar-refractivity contribution >= 4 is 22.3 Å². The first-order chi connectivity index (χ1) is 7.15. The van der Waals surface area contributed by atoms with Gasteiger partial charge in [-0.25, -0.2) is 4.98 Å². The highest BCUT2D eigenvalue weighted by Gasteiger charge is 2.02. The number of aryl methyl sites for hydroxylation is 1. The number of rotatable bonds is 5. The molecule has 0 aromatic carbocycles. The van der Waals surface area contributed by atoms with Crippen LogP contribution >= 0.6 is 0 Å². The van der Waals surface area contributed by atoms with Gasteiger partial charge in [-0.1, -0.05) is 6.92 Å². The van der Waals surface area contributed by atoms with E-state index in [2.05, 4.69) is 10.3 Å². The smallest absolute Gasteiger partial charge is 0.149 e. The fourth-order valence-corrected chi connectivity index (χ4v) is 1.76. The maximum absolute atomic E-state index is 11.2. The summed E-state index contributed by atoms with van der Waals surface area (Å²) < 4.78 is 11.2. The summed E-state index contributed by atoms with van der Waals surface area (Å²) in [6.07, 6.45) is 1.71. The SMILES string of the molecule is CCS(=O)CCNc1nccc(C)c1N. The Bertz CT molecular complexity index is 355. The summed E-state index contributed by atoms with van der Waals surface area (Å²) in [6.45, 7) is 4.49. The molecule has 0 aliphatic carbocycles. The predicted octanol–water partition coefficient (Wildman–Crippen LogP) is 1.15. The number of aromatic nitrogens is 1. The molecular formula is C10H17N3OS. The molecule has 1 unspecified atom stereocenters. The van der Waals surface area contributed by atoms with E-state index in [1.165, 1.54) is 0 Å². The van der Waals surface area contributed by atoms with E-state index in [0.29, 0.717) is 29.6 Å². The largest absolute Gasteiger partial charge is 0.396 e. The third-order valence-corrected chi connectivity index (χ3v) is 3.46. The van der Waals surface area contributed by atoms with Crippen molar-refractivity contribution in [2.24, 2.45) is 0 Å². The van der Waals surface area contributed by atoms with Crippen molar-refractivity contribution in [3.63, 3.8) is 0 Å². The van der Waals surface area contributed by atoms with Gasteiger partial charge in [0.05, 0.1) is 5.69 Å². The van der Waals surface area contributed by atoms with E-state index in [9.17, 15) is 4.21 Å². The van der Waals surface area contributed by atoms with Crippen molar-refractivity contribution in [3.05, 3.63) is 17.8 Å². The van der Waals surface area contributed by atoms with Crippen LogP contribution in [0.3, 0.4) is 0 Å². The van der Waals surface area contributed by atoms with Gasteiger partial charge in [0.15, 0.2) is 0 Å². The Kier molecular flexibility index (Phi) is 4.55. The highest BCUT2D eigenvalue weighted by molar-refractivity contribution is 7.84. The van der Waals surface area contributed by atoms with Gasteiger partial charge >= 0.3 is 0 Å². The lowest BCUT2D eigenvalue weighted by Crippen LogP contribution is -2.14. The number of nitrogen functional groups attached to an aromatic ring is 1. The van der Waals surface area contributed by atoms with Gasteiger partial charge in [0, 0.05) is 35.0 Å². The second kappa shape index (κ2) is 5.70. The molecule has 1 aromatic heterocycles. The molecule has 15 heavy (non-hydrogen) atoms. The number of nitrogens with zero attached hydrogens (tertiary/aromatic N) is 1. The van der Waals surface area contributed by atoms with Crippen LogP contribution in [-0.4, -0.2) is 27.2 Å². The average molecular weight is 227 g/mol. The van der Waals surface area contributed by atoms with E-state index in [4.69, 9.17) is 5.73 Å². The van der Waals surface area contributed by atoms with Crippen molar-refractivity contribution in [2.75, 3.05) is 29.1 Å². The second-order valence-electron chi connectivity index (χ2n) is 3.25. The highest BCUT2D eigenvalue weighted by Crippen LogP contribution is 2.17. The molecule has 0 spiro atoms. The Labute approximate surface area is 92.7 Å². The molecule has 0 aliphatic rings. The second-order valence-corrected chi connectivity index (χ2v) is 5.11. The van der Waals surface area contributed by atoms with Crippen LogP contribution < -0.4 is 11.1 Å². The fraction of sp³-hybridized carbons (Fsp3) is 0.500. The van der Waals surface area contributed by atoms with Crippen LogP contribution in [0.5, 0.6) is 0 Å². The minimum atomic E-state index is -0.744. The van der Waals surface area contributed by atoms with Crippen LogP contribution in [0, 0.1) is 6.92 Å².